The van der Waals surface area contributed by atoms with E-state index in [1.54, 1.807) is 0 Å². The minimum absolute atomic E-state index is 0.464. The van der Waals surface area contributed by atoms with Gasteiger partial charge in [0.05, 0.1) is 0 Å². The highest BCUT2D eigenvalue weighted by molar-refractivity contribution is 5.23. The van der Waals surface area contributed by atoms with Crippen molar-refractivity contribution in [1.29, 1.82) is 0 Å². The van der Waals surface area contributed by atoms with Gasteiger partial charge >= 0.3 is 0 Å². The van der Waals surface area contributed by atoms with Crippen LogP contribution in [0, 0.1) is 0 Å². The number of piperazine rings is 1. The van der Waals surface area contributed by atoms with Crippen molar-refractivity contribution in [2.45, 2.75) is 12.6 Å². The van der Waals surface area contributed by atoms with E-state index in [1.165, 1.54) is 0 Å². The molecule has 1 fully saturated rings. The minimum atomic E-state index is -0.464. The van der Waals surface area contributed by atoms with Gasteiger partial charge in [0.25, 0.3) is 0 Å². The second-order valence-electron chi connectivity index (χ2n) is 3.64. The average molecular weight is 205 g/mol. The number of nitrogens with zero attached hydrogens (tertiary/aromatic N) is 1. The van der Waals surface area contributed by atoms with Crippen LogP contribution in [-0.4, -0.2) is 26.2 Å². The van der Waals surface area contributed by atoms with Crippen LogP contribution in [0.3, 0.4) is 0 Å². The SMILES string of the molecule is CCOC1(c2ccccc2)CNCC[N]1. The van der Waals surface area contributed by atoms with Crippen LogP contribution in [-0.2, 0) is 10.5 Å². The Morgan fingerprint density at radius 2 is 2.20 bits per heavy atom. The fourth-order valence-electron chi connectivity index (χ4n) is 1.94. The predicted molar refractivity (Wildman–Crippen MR) is 59.6 cm³/mol. The van der Waals surface area contributed by atoms with E-state index >= 15 is 0 Å². The summed E-state index contributed by atoms with van der Waals surface area (Å²) in [5.41, 5.74) is 0.674. The summed E-state index contributed by atoms with van der Waals surface area (Å²) >= 11 is 0. The normalized spacial score (nSPS) is 26.5. The van der Waals surface area contributed by atoms with E-state index in [1.807, 2.05) is 25.1 Å². The van der Waals surface area contributed by atoms with Crippen LogP contribution in [0.5, 0.6) is 0 Å². The first-order valence-corrected chi connectivity index (χ1v) is 5.46. The Kier molecular flexibility index (Phi) is 3.36. The summed E-state index contributed by atoms with van der Waals surface area (Å²) in [5, 5.41) is 7.98. The van der Waals surface area contributed by atoms with Crippen LogP contribution in [0.1, 0.15) is 12.5 Å². The highest BCUT2D eigenvalue weighted by Gasteiger charge is 2.35. The first-order valence-electron chi connectivity index (χ1n) is 5.46. The van der Waals surface area contributed by atoms with Crippen molar-refractivity contribution in [2.24, 2.45) is 0 Å². The Balaban J connectivity index is 2.25. The summed E-state index contributed by atoms with van der Waals surface area (Å²) in [6.45, 7) is 5.22. The summed E-state index contributed by atoms with van der Waals surface area (Å²) < 4.78 is 5.83. The highest BCUT2D eigenvalue weighted by atomic mass is 16.5. The monoisotopic (exact) mass is 205 g/mol. The summed E-state index contributed by atoms with van der Waals surface area (Å²) in [5.74, 6) is 0. The van der Waals surface area contributed by atoms with Crippen LogP contribution >= 0.6 is 0 Å². The van der Waals surface area contributed by atoms with E-state index in [-0.39, 0.29) is 0 Å². The molecule has 0 aliphatic carbocycles. The van der Waals surface area contributed by atoms with Crippen molar-refractivity contribution in [3.8, 4) is 0 Å². The minimum Gasteiger partial charge on any atom is -0.354 e. The lowest BCUT2D eigenvalue weighted by Gasteiger charge is -2.37. The third-order valence-electron chi connectivity index (χ3n) is 2.63. The molecule has 1 unspecified atom stereocenters. The molecule has 1 aromatic rings. The van der Waals surface area contributed by atoms with Gasteiger partial charge in [-0.3, -0.25) is 0 Å². The van der Waals surface area contributed by atoms with E-state index < -0.39 is 5.72 Å². The van der Waals surface area contributed by atoms with Gasteiger partial charge in [-0.1, -0.05) is 30.3 Å². The van der Waals surface area contributed by atoms with Crippen LogP contribution < -0.4 is 10.6 Å². The van der Waals surface area contributed by atoms with Crippen molar-refractivity contribution >= 4 is 0 Å². The van der Waals surface area contributed by atoms with Gasteiger partial charge in [-0.2, -0.15) is 0 Å². The van der Waals surface area contributed by atoms with E-state index in [4.69, 9.17) is 4.74 Å². The van der Waals surface area contributed by atoms with Gasteiger partial charge in [-0.25, -0.2) is 5.32 Å². The number of hydrogen-bond acceptors (Lipinski definition) is 2. The quantitative estimate of drug-likeness (QED) is 0.801. The van der Waals surface area contributed by atoms with Gasteiger partial charge in [0.1, 0.15) is 0 Å². The number of hydrogen-bond donors (Lipinski definition) is 1. The van der Waals surface area contributed by atoms with Crippen molar-refractivity contribution in [1.82, 2.24) is 10.6 Å². The molecule has 1 N–H and O–H groups in total. The Morgan fingerprint density at radius 1 is 1.40 bits per heavy atom. The lowest BCUT2D eigenvalue weighted by atomic mass is 10.0. The molecule has 0 spiro atoms. The van der Waals surface area contributed by atoms with Gasteiger partial charge in [0.15, 0.2) is 5.72 Å². The highest BCUT2D eigenvalue weighted by Crippen LogP contribution is 2.24. The zero-order valence-electron chi connectivity index (χ0n) is 9.07. The molecule has 1 heterocycles. The van der Waals surface area contributed by atoms with E-state index in [0.717, 1.165) is 25.2 Å². The fourth-order valence-corrected chi connectivity index (χ4v) is 1.94. The van der Waals surface area contributed by atoms with Gasteiger partial charge in [-0.05, 0) is 6.92 Å². The molecule has 0 saturated carbocycles. The molecule has 3 heteroatoms. The molecule has 81 valence electrons. The zero-order chi connectivity index (χ0) is 10.6. The zero-order valence-corrected chi connectivity index (χ0v) is 9.07. The topological polar surface area (TPSA) is 35.4 Å². The maximum atomic E-state index is 5.83. The van der Waals surface area contributed by atoms with Crippen LogP contribution in [0.4, 0.5) is 0 Å². The molecule has 1 aliphatic heterocycles. The molecule has 1 radical (unpaired) electrons. The molecule has 0 amide bonds. The molecule has 1 aliphatic rings. The van der Waals surface area contributed by atoms with Crippen molar-refractivity contribution < 1.29 is 4.74 Å². The maximum absolute atomic E-state index is 5.83. The largest absolute Gasteiger partial charge is 0.354 e. The molecular formula is C12H17N2O. The Morgan fingerprint density at radius 3 is 2.80 bits per heavy atom. The third-order valence-corrected chi connectivity index (χ3v) is 2.63. The lowest BCUT2D eigenvalue weighted by molar-refractivity contribution is -0.0819. The van der Waals surface area contributed by atoms with Crippen molar-refractivity contribution in [2.75, 3.05) is 26.2 Å². The second kappa shape index (κ2) is 4.75. The number of nitrogens with one attached hydrogen (secondary N) is 1. The van der Waals surface area contributed by atoms with E-state index in [2.05, 4.69) is 22.8 Å². The molecule has 1 atom stereocenters. The summed E-state index contributed by atoms with van der Waals surface area (Å²) in [6.07, 6.45) is 0. The van der Waals surface area contributed by atoms with Gasteiger partial charge in [0, 0.05) is 31.8 Å². The van der Waals surface area contributed by atoms with E-state index in [0.29, 0.717) is 6.61 Å². The van der Waals surface area contributed by atoms with Crippen molar-refractivity contribution in [3.63, 3.8) is 0 Å². The molecule has 3 nitrogen and oxygen atoms in total. The lowest BCUT2D eigenvalue weighted by Crippen LogP contribution is -2.54. The fraction of sp³-hybridized carbons (Fsp3) is 0.500. The summed E-state index contributed by atoms with van der Waals surface area (Å²) in [4.78, 5) is 0. The number of rotatable bonds is 3. The van der Waals surface area contributed by atoms with Gasteiger partial charge in [0.2, 0.25) is 0 Å². The van der Waals surface area contributed by atoms with Crippen LogP contribution in [0.25, 0.3) is 0 Å². The molecule has 2 rings (SSSR count). The van der Waals surface area contributed by atoms with Crippen LogP contribution in [0.2, 0.25) is 0 Å². The van der Waals surface area contributed by atoms with Crippen LogP contribution in [0.15, 0.2) is 30.3 Å². The van der Waals surface area contributed by atoms with Gasteiger partial charge in [-0.15, -0.1) is 0 Å². The predicted octanol–water partition coefficient (Wildman–Crippen LogP) is 1.08. The Labute approximate surface area is 90.8 Å². The van der Waals surface area contributed by atoms with Gasteiger partial charge < -0.3 is 10.1 Å². The Hall–Kier alpha value is -0.900. The summed E-state index contributed by atoms with van der Waals surface area (Å²) in [7, 11) is 0. The molecular weight excluding hydrogens is 188 g/mol. The first kappa shape index (κ1) is 10.6. The number of benzene rings is 1. The first-order chi connectivity index (χ1) is 7.37. The Bertz CT molecular complexity index is 288. The molecule has 15 heavy (non-hydrogen) atoms. The second-order valence-corrected chi connectivity index (χ2v) is 3.64. The molecule has 1 aromatic carbocycles. The standard InChI is InChI=1S/C12H17N2O/c1-2-15-12(10-13-8-9-14-12)11-6-4-3-5-7-11/h3-7,13H,2,8-10H2,1H3. The van der Waals surface area contributed by atoms with Crippen molar-refractivity contribution in [3.05, 3.63) is 35.9 Å². The molecule has 0 bridgehead atoms. The smallest absolute Gasteiger partial charge is 0.172 e. The molecule has 1 saturated heterocycles. The number of ether oxygens (including phenoxy) is 1. The van der Waals surface area contributed by atoms with E-state index in [9.17, 15) is 0 Å². The maximum Gasteiger partial charge on any atom is 0.172 e. The summed E-state index contributed by atoms with van der Waals surface area (Å²) in [6, 6.07) is 10.2. The molecule has 0 aromatic heterocycles. The third kappa shape index (κ3) is 2.20. The average Bonchev–Trinajstić information content (AvgIpc) is 2.32.